The van der Waals surface area contributed by atoms with Crippen LogP contribution in [0, 0.1) is 0 Å². The maximum Gasteiger partial charge on any atom is 0.266 e. The van der Waals surface area contributed by atoms with E-state index in [1.54, 1.807) is 11.1 Å². The molecule has 2 atom stereocenters. The number of amides is 1. The summed E-state index contributed by atoms with van der Waals surface area (Å²) in [6.45, 7) is 5.07. The van der Waals surface area contributed by atoms with Crippen molar-refractivity contribution >= 4 is 33.3 Å². The van der Waals surface area contributed by atoms with E-state index in [1.807, 2.05) is 44.2 Å². The number of rotatable bonds is 2. The second-order valence-electron chi connectivity index (χ2n) is 6.59. The third-order valence-corrected chi connectivity index (χ3v) is 5.49. The lowest BCUT2D eigenvalue weighted by atomic mass is 10.2. The summed E-state index contributed by atoms with van der Waals surface area (Å²) in [6, 6.07) is 9.84. The minimum absolute atomic E-state index is 0.0132. The number of hydrogen-bond donors (Lipinski definition) is 1. The number of carbonyl (C=O) groups excluding carboxylic acids is 1. The Morgan fingerprint density at radius 2 is 1.92 bits per heavy atom. The first-order chi connectivity index (χ1) is 12.5. The minimum atomic E-state index is -0.0736. The number of hydrogen-bond acceptors (Lipinski definition) is 6. The van der Waals surface area contributed by atoms with Gasteiger partial charge in [-0.15, -0.1) is 11.3 Å². The zero-order chi connectivity index (χ0) is 18.3. The predicted molar refractivity (Wildman–Crippen MR) is 103 cm³/mol. The minimum Gasteiger partial charge on any atom is -0.396 e. The third-order valence-electron chi connectivity index (χ3n) is 4.41. The van der Waals surface area contributed by atoms with Gasteiger partial charge in [0.25, 0.3) is 5.91 Å². The number of benzene rings is 1. The first-order valence-electron chi connectivity index (χ1n) is 8.58. The molecule has 1 aliphatic rings. The van der Waals surface area contributed by atoms with Gasteiger partial charge in [-0.3, -0.25) is 4.79 Å². The van der Waals surface area contributed by atoms with Gasteiger partial charge < -0.3 is 15.4 Å². The SMILES string of the molecule is CC1CN(C(=O)c2sc3nc(-c4ccccc4)cnc3c2N)CC(C)O1. The maximum atomic E-state index is 13.0. The summed E-state index contributed by atoms with van der Waals surface area (Å²) in [5, 5.41) is 0. The average molecular weight is 368 g/mol. The summed E-state index contributed by atoms with van der Waals surface area (Å²) >= 11 is 1.31. The first kappa shape index (κ1) is 16.9. The second kappa shape index (κ2) is 6.66. The van der Waals surface area contributed by atoms with E-state index in [4.69, 9.17) is 10.5 Å². The molecule has 0 bridgehead atoms. The van der Waals surface area contributed by atoms with Crippen molar-refractivity contribution in [3.05, 3.63) is 41.4 Å². The lowest BCUT2D eigenvalue weighted by Gasteiger charge is -2.35. The molecule has 1 amide bonds. The van der Waals surface area contributed by atoms with Gasteiger partial charge in [0.1, 0.15) is 15.2 Å². The molecule has 0 spiro atoms. The number of nitrogens with two attached hydrogens (primary N) is 1. The van der Waals surface area contributed by atoms with Gasteiger partial charge in [0.2, 0.25) is 0 Å². The van der Waals surface area contributed by atoms with Crippen molar-refractivity contribution in [3.63, 3.8) is 0 Å². The van der Waals surface area contributed by atoms with Crippen molar-refractivity contribution in [2.75, 3.05) is 18.8 Å². The van der Waals surface area contributed by atoms with Gasteiger partial charge in [0, 0.05) is 18.7 Å². The lowest BCUT2D eigenvalue weighted by Crippen LogP contribution is -2.48. The molecule has 26 heavy (non-hydrogen) atoms. The number of morpholine rings is 1. The van der Waals surface area contributed by atoms with Crippen LogP contribution in [0.15, 0.2) is 36.5 Å². The van der Waals surface area contributed by atoms with Crippen LogP contribution in [0.25, 0.3) is 21.6 Å². The smallest absolute Gasteiger partial charge is 0.266 e. The van der Waals surface area contributed by atoms with E-state index in [0.717, 1.165) is 11.3 Å². The maximum absolute atomic E-state index is 13.0. The molecule has 1 fully saturated rings. The quantitative estimate of drug-likeness (QED) is 0.751. The highest BCUT2D eigenvalue weighted by Gasteiger charge is 2.29. The average Bonchev–Trinajstić information content (AvgIpc) is 2.97. The molecule has 1 aliphatic heterocycles. The summed E-state index contributed by atoms with van der Waals surface area (Å²) in [5.41, 5.74) is 8.99. The summed E-state index contributed by atoms with van der Waals surface area (Å²) < 4.78 is 5.71. The third kappa shape index (κ3) is 3.04. The number of fused-ring (bicyclic) bond motifs is 1. The topological polar surface area (TPSA) is 81.3 Å². The van der Waals surface area contributed by atoms with Gasteiger partial charge in [0.15, 0.2) is 0 Å². The largest absolute Gasteiger partial charge is 0.396 e. The van der Waals surface area contributed by atoms with Gasteiger partial charge in [-0.1, -0.05) is 30.3 Å². The van der Waals surface area contributed by atoms with E-state index in [2.05, 4.69) is 9.97 Å². The van der Waals surface area contributed by atoms with E-state index in [0.29, 0.717) is 34.0 Å². The molecular weight excluding hydrogens is 348 g/mol. The van der Waals surface area contributed by atoms with E-state index >= 15 is 0 Å². The number of thiophene rings is 1. The molecule has 1 saturated heterocycles. The van der Waals surface area contributed by atoms with E-state index < -0.39 is 0 Å². The molecule has 134 valence electrons. The van der Waals surface area contributed by atoms with Crippen molar-refractivity contribution in [2.24, 2.45) is 0 Å². The normalized spacial score (nSPS) is 20.5. The molecule has 2 unspecified atom stereocenters. The van der Waals surface area contributed by atoms with Crippen LogP contribution in [0.3, 0.4) is 0 Å². The van der Waals surface area contributed by atoms with Crippen LogP contribution in [0.4, 0.5) is 5.69 Å². The first-order valence-corrected chi connectivity index (χ1v) is 9.39. The highest BCUT2D eigenvalue weighted by atomic mass is 32.1. The standard InChI is InChI=1S/C19H20N4O2S/c1-11-9-23(10-12(2)25-11)19(24)17-15(20)16-18(26-17)22-14(8-21-16)13-6-4-3-5-7-13/h3-8,11-12H,9-10,20H2,1-2H3. The number of nitrogen functional groups attached to an aromatic ring is 1. The summed E-state index contributed by atoms with van der Waals surface area (Å²) in [5.74, 6) is -0.0736. The Labute approximate surface area is 155 Å². The summed E-state index contributed by atoms with van der Waals surface area (Å²) in [4.78, 5) is 25.1. The van der Waals surface area contributed by atoms with Crippen molar-refractivity contribution in [3.8, 4) is 11.3 Å². The van der Waals surface area contributed by atoms with E-state index in [9.17, 15) is 4.79 Å². The lowest BCUT2D eigenvalue weighted by molar-refractivity contribution is -0.0584. The molecule has 2 aromatic heterocycles. The predicted octanol–water partition coefficient (Wildman–Crippen LogP) is 3.19. The van der Waals surface area contributed by atoms with Crippen molar-refractivity contribution in [1.29, 1.82) is 0 Å². The second-order valence-corrected chi connectivity index (χ2v) is 7.59. The number of ether oxygens (including phenoxy) is 1. The molecule has 3 heterocycles. The van der Waals surface area contributed by atoms with Crippen LogP contribution in [-0.2, 0) is 4.74 Å². The summed E-state index contributed by atoms with van der Waals surface area (Å²) in [7, 11) is 0. The van der Waals surface area contributed by atoms with Gasteiger partial charge >= 0.3 is 0 Å². The van der Waals surface area contributed by atoms with Crippen LogP contribution in [0.2, 0.25) is 0 Å². The van der Waals surface area contributed by atoms with Gasteiger partial charge in [-0.25, -0.2) is 9.97 Å². The van der Waals surface area contributed by atoms with Gasteiger partial charge in [-0.2, -0.15) is 0 Å². The Morgan fingerprint density at radius 3 is 2.62 bits per heavy atom. The Morgan fingerprint density at radius 1 is 1.23 bits per heavy atom. The molecule has 4 rings (SSSR count). The molecule has 0 aliphatic carbocycles. The fraction of sp³-hybridized carbons (Fsp3) is 0.316. The van der Waals surface area contributed by atoms with Crippen LogP contribution in [-0.4, -0.2) is 46.1 Å². The fourth-order valence-electron chi connectivity index (χ4n) is 3.28. The number of nitrogens with zero attached hydrogens (tertiary/aromatic N) is 3. The van der Waals surface area contributed by atoms with Crippen LogP contribution in [0.5, 0.6) is 0 Å². The van der Waals surface area contributed by atoms with Crippen LogP contribution in [0.1, 0.15) is 23.5 Å². The van der Waals surface area contributed by atoms with Gasteiger partial charge in [-0.05, 0) is 13.8 Å². The Bertz CT molecular complexity index is 947. The van der Waals surface area contributed by atoms with E-state index in [-0.39, 0.29) is 18.1 Å². The van der Waals surface area contributed by atoms with Crippen molar-refractivity contribution in [1.82, 2.24) is 14.9 Å². The molecule has 6 nitrogen and oxygen atoms in total. The van der Waals surface area contributed by atoms with Crippen LogP contribution < -0.4 is 5.73 Å². The Hall–Kier alpha value is -2.51. The number of anilines is 1. The molecule has 0 radical (unpaired) electrons. The van der Waals surface area contributed by atoms with Crippen LogP contribution >= 0.6 is 11.3 Å². The fourth-order valence-corrected chi connectivity index (χ4v) is 4.30. The van der Waals surface area contributed by atoms with E-state index in [1.165, 1.54) is 11.3 Å². The number of aromatic nitrogens is 2. The summed E-state index contributed by atoms with van der Waals surface area (Å²) in [6.07, 6.45) is 1.73. The number of carbonyl (C=O) groups is 1. The van der Waals surface area contributed by atoms with Crippen molar-refractivity contribution in [2.45, 2.75) is 26.1 Å². The monoisotopic (exact) mass is 368 g/mol. The Balaban J connectivity index is 1.70. The van der Waals surface area contributed by atoms with Crippen molar-refractivity contribution < 1.29 is 9.53 Å². The molecule has 1 aromatic carbocycles. The Kier molecular flexibility index (Phi) is 4.34. The molecule has 3 aromatic rings. The molecule has 2 N–H and O–H groups in total. The van der Waals surface area contributed by atoms with Gasteiger partial charge in [0.05, 0.1) is 29.8 Å². The zero-order valence-electron chi connectivity index (χ0n) is 14.7. The molecular formula is C19H20N4O2S. The highest BCUT2D eigenvalue weighted by molar-refractivity contribution is 7.21. The highest BCUT2D eigenvalue weighted by Crippen LogP contribution is 2.33. The molecule has 7 heteroatoms. The molecule has 0 saturated carbocycles. The zero-order valence-corrected chi connectivity index (χ0v) is 15.5.